The number of nitrogens with one attached hydrogen (secondary N) is 4. The van der Waals surface area contributed by atoms with Crippen molar-refractivity contribution in [1.82, 2.24) is 40.4 Å². The van der Waals surface area contributed by atoms with Gasteiger partial charge in [0.1, 0.15) is 24.7 Å². The van der Waals surface area contributed by atoms with Crippen molar-refractivity contribution in [3.8, 4) is 22.4 Å². The summed E-state index contributed by atoms with van der Waals surface area (Å²) in [5.41, 5.74) is 5.40. The first kappa shape index (κ1) is 33.5. The molecule has 14 heteroatoms. The van der Waals surface area contributed by atoms with Gasteiger partial charge >= 0.3 is 12.2 Å². The van der Waals surface area contributed by atoms with Crippen LogP contribution in [0.4, 0.5) is 9.59 Å². The van der Waals surface area contributed by atoms with Gasteiger partial charge in [-0.15, -0.1) is 0 Å². The average molecular weight is 633 g/mol. The van der Waals surface area contributed by atoms with Gasteiger partial charge in [-0.25, -0.2) is 19.6 Å². The Bertz CT molecular complexity index is 1650. The highest BCUT2D eigenvalue weighted by atomic mass is 16.5. The molecular formula is C32H40N8O6. The number of fused-ring (bicyclic) bond motifs is 1. The SMILES string of the molecule is CCCN(Cc1ncc(-c2ccc(-c3ccc4nc(CN(CCC)C(=O)CNC(=O)OC)[nH]c4c3)cc2)[nH]1)C(=O)CNC(=O)OC. The molecule has 0 bridgehead atoms. The van der Waals surface area contributed by atoms with Crippen molar-refractivity contribution in [2.45, 2.75) is 39.8 Å². The summed E-state index contributed by atoms with van der Waals surface area (Å²) in [6, 6.07) is 14.0. The third-order valence-corrected chi connectivity index (χ3v) is 7.20. The molecule has 0 aliphatic rings. The number of ether oxygens (including phenoxy) is 2. The fourth-order valence-corrected chi connectivity index (χ4v) is 4.90. The Morgan fingerprint density at radius 1 is 0.739 bits per heavy atom. The molecule has 4 N–H and O–H groups in total. The Morgan fingerprint density at radius 2 is 1.28 bits per heavy atom. The number of alkyl carbamates (subject to hydrolysis) is 2. The molecule has 46 heavy (non-hydrogen) atoms. The predicted octanol–water partition coefficient (Wildman–Crippen LogP) is 3.81. The lowest BCUT2D eigenvalue weighted by atomic mass is 10.0. The fourth-order valence-electron chi connectivity index (χ4n) is 4.90. The van der Waals surface area contributed by atoms with Crippen molar-refractivity contribution in [3.05, 3.63) is 60.3 Å². The lowest BCUT2D eigenvalue weighted by Crippen LogP contribution is -2.40. The number of hydrogen-bond acceptors (Lipinski definition) is 8. The molecule has 0 saturated heterocycles. The van der Waals surface area contributed by atoms with E-state index in [-0.39, 0.29) is 38.0 Å². The van der Waals surface area contributed by atoms with Crippen LogP contribution in [0.25, 0.3) is 33.4 Å². The second kappa shape index (κ2) is 16.1. The van der Waals surface area contributed by atoms with Gasteiger partial charge in [0, 0.05) is 13.1 Å². The molecule has 2 aromatic carbocycles. The van der Waals surface area contributed by atoms with Gasteiger partial charge in [-0.2, -0.15) is 0 Å². The molecule has 2 aromatic heterocycles. The molecule has 244 valence electrons. The standard InChI is InChI=1S/C32H40N8O6/c1-5-13-39(29(41)17-34-31(43)45-3)19-27-33-16-26(38-27)22-9-7-21(8-10-22)23-11-12-24-25(15-23)37-28(36-24)20-40(14-6-2)30(42)18-35-32(44)46-4/h7-12,15-16H,5-6,13-14,17-20H2,1-4H3,(H,33,38)(H,34,43)(H,35,44)(H,36,37). The minimum atomic E-state index is -0.655. The molecule has 0 aliphatic heterocycles. The van der Waals surface area contributed by atoms with Crippen LogP contribution in [0.15, 0.2) is 48.7 Å². The minimum absolute atomic E-state index is 0.152. The summed E-state index contributed by atoms with van der Waals surface area (Å²) in [6.45, 7) is 5.28. The summed E-state index contributed by atoms with van der Waals surface area (Å²) >= 11 is 0. The van der Waals surface area contributed by atoms with E-state index in [4.69, 9.17) is 0 Å². The number of rotatable bonds is 14. The molecule has 14 nitrogen and oxygen atoms in total. The van der Waals surface area contributed by atoms with E-state index < -0.39 is 12.2 Å². The lowest BCUT2D eigenvalue weighted by molar-refractivity contribution is -0.131. The van der Waals surface area contributed by atoms with Crippen LogP contribution in [0.3, 0.4) is 0 Å². The fraction of sp³-hybridized carbons (Fsp3) is 0.375. The summed E-state index contributed by atoms with van der Waals surface area (Å²) in [6.07, 6.45) is 1.95. The van der Waals surface area contributed by atoms with Gasteiger partial charge in [0.05, 0.1) is 50.2 Å². The van der Waals surface area contributed by atoms with Crippen LogP contribution in [-0.2, 0) is 32.2 Å². The van der Waals surface area contributed by atoms with Crippen LogP contribution >= 0.6 is 0 Å². The van der Waals surface area contributed by atoms with Crippen LogP contribution in [0.2, 0.25) is 0 Å². The first-order chi connectivity index (χ1) is 22.2. The monoisotopic (exact) mass is 632 g/mol. The molecule has 4 aromatic rings. The Balaban J connectivity index is 1.42. The van der Waals surface area contributed by atoms with Gasteiger partial charge in [0.2, 0.25) is 11.8 Å². The summed E-state index contributed by atoms with van der Waals surface area (Å²) in [5, 5.41) is 4.86. The molecule has 4 amide bonds. The quantitative estimate of drug-likeness (QED) is 0.162. The van der Waals surface area contributed by atoms with E-state index in [1.807, 2.05) is 56.3 Å². The number of carbonyl (C=O) groups excluding carboxylic acids is 4. The largest absolute Gasteiger partial charge is 0.453 e. The molecular weight excluding hydrogens is 592 g/mol. The van der Waals surface area contributed by atoms with Crippen molar-refractivity contribution < 1.29 is 28.7 Å². The second-order valence-corrected chi connectivity index (χ2v) is 10.6. The number of amides is 4. The summed E-state index contributed by atoms with van der Waals surface area (Å²) < 4.78 is 9.09. The Kier molecular flexibility index (Phi) is 11.7. The van der Waals surface area contributed by atoms with Crippen molar-refractivity contribution >= 4 is 35.0 Å². The zero-order valence-electron chi connectivity index (χ0n) is 26.5. The van der Waals surface area contributed by atoms with E-state index >= 15 is 0 Å². The van der Waals surface area contributed by atoms with E-state index in [0.717, 1.165) is 46.3 Å². The van der Waals surface area contributed by atoms with E-state index in [9.17, 15) is 19.2 Å². The molecule has 4 rings (SSSR count). The highest BCUT2D eigenvalue weighted by Crippen LogP contribution is 2.27. The number of imidazole rings is 2. The number of methoxy groups -OCH3 is 2. The van der Waals surface area contributed by atoms with Crippen LogP contribution in [-0.4, -0.2) is 94.1 Å². The number of H-pyrrole nitrogens is 2. The van der Waals surface area contributed by atoms with Gasteiger partial charge in [-0.3, -0.25) is 9.59 Å². The van der Waals surface area contributed by atoms with Crippen molar-refractivity contribution in [2.75, 3.05) is 40.4 Å². The Labute approximate surface area is 266 Å². The van der Waals surface area contributed by atoms with Gasteiger partial charge in [0.15, 0.2) is 0 Å². The van der Waals surface area contributed by atoms with Gasteiger partial charge < -0.3 is 39.9 Å². The maximum Gasteiger partial charge on any atom is 0.407 e. The number of aromatic amines is 2. The smallest absolute Gasteiger partial charge is 0.407 e. The van der Waals surface area contributed by atoms with Gasteiger partial charge in [-0.05, 0) is 41.7 Å². The van der Waals surface area contributed by atoms with Crippen molar-refractivity contribution in [2.24, 2.45) is 0 Å². The summed E-state index contributed by atoms with van der Waals surface area (Å²) in [5.74, 6) is 0.836. The number of aromatic nitrogens is 4. The molecule has 0 aliphatic carbocycles. The number of nitrogens with zero attached hydrogens (tertiary/aromatic N) is 4. The Hall–Kier alpha value is -5.40. The van der Waals surface area contributed by atoms with Crippen LogP contribution in [0.5, 0.6) is 0 Å². The second-order valence-electron chi connectivity index (χ2n) is 10.6. The molecule has 0 radical (unpaired) electrons. The topological polar surface area (TPSA) is 175 Å². The van der Waals surface area contributed by atoms with Gasteiger partial charge in [0.25, 0.3) is 0 Å². The van der Waals surface area contributed by atoms with Crippen molar-refractivity contribution in [3.63, 3.8) is 0 Å². The Morgan fingerprint density at radius 3 is 1.85 bits per heavy atom. The minimum Gasteiger partial charge on any atom is -0.453 e. The highest BCUT2D eigenvalue weighted by molar-refractivity contribution is 5.84. The van der Waals surface area contributed by atoms with Gasteiger partial charge in [-0.1, -0.05) is 44.2 Å². The van der Waals surface area contributed by atoms with E-state index in [2.05, 4.69) is 40.0 Å². The predicted molar refractivity (Wildman–Crippen MR) is 171 cm³/mol. The zero-order chi connectivity index (χ0) is 33.1. The molecule has 0 saturated carbocycles. The van der Waals surface area contributed by atoms with Crippen LogP contribution in [0.1, 0.15) is 38.3 Å². The summed E-state index contributed by atoms with van der Waals surface area (Å²) in [7, 11) is 2.50. The first-order valence-corrected chi connectivity index (χ1v) is 15.1. The van der Waals surface area contributed by atoms with Crippen LogP contribution in [0, 0.1) is 0 Å². The third kappa shape index (κ3) is 8.83. The summed E-state index contributed by atoms with van der Waals surface area (Å²) in [4.78, 5) is 67.1. The average Bonchev–Trinajstić information content (AvgIpc) is 3.71. The third-order valence-electron chi connectivity index (χ3n) is 7.20. The molecule has 0 unspecified atom stereocenters. The lowest BCUT2D eigenvalue weighted by Gasteiger charge is -2.21. The molecule has 0 spiro atoms. The number of benzene rings is 2. The van der Waals surface area contributed by atoms with Crippen LogP contribution < -0.4 is 10.6 Å². The molecule has 0 fully saturated rings. The number of hydrogen-bond donors (Lipinski definition) is 4. The first-order valence-electron chi connectivity index (χ1n) is 15.1. The maximum absolute atomic E-state index is 12.7. The normalized spacial score (nSPS) is 10.8. The maximum atomic E-state index is 12.7. The van der Waals surface area contributed by atoms with E-state index in [1.165, 1.54) is 14.2 Å². The van der Waals surface area contributed by atoms with E-state index in [0.29, 0.717) is 24.7 Å². The van der Waals surface area contributed by atoms with E-state index in [1.54, 1.807) is 16.0 Å². The van der Waals surface area contributed by atoms with Crippen molar-refractivity contribution in [1.29, 1.82) is 0 Å². The highest BCUT2D eigenvalue weighted by Gasteiger charge is 2.18. The zero-order valence-corrected chi connectivity index (χ0v) is 26.5. The molecule has 2 heterocycles. The number of carbonyl (C=O) groups is 4. The molecule has 0 atom stereocenters.